The second-order valence-electron chi connectivity index (χ2n) is 11.0. The number of methoxy groups -OCH3 is 1. The fourth-order valence-corrected chi connectivity index (χ4v) is 6.44. The molecule has 11 nitrogen and oxygen atoms in total. The van der Waals surface area contributed by atoms with E-state index in [0.29, 0.717) is 18.3 Å². The number of benzene rings is 2. The molecule has 5 rings (SSSR count). The zero-order valence-corrected chi connectivity index (χ0v) is 24.7. The van der Waals surface area contributed by atoms with Crippen molar-refractivity contribution in [2.45, 2.75) is 50.5 Å². The number of alkyl halides is 3. The molecule has 1 fully saturated rings. The van der Waals surface area contributed by atoms with E-state index in [4.69, 9.17) is 4.74 Å². The van der Waals surface area contributed by atoms with Crippen molar-refractivity contribution in [3.63, 3.8) is 0 Å². The number of nitriles is 1. The maximum absolute atomic E-state index is 14.1. The summed E-state index contributed by atoms with van der Waals surface area (Å²) in [6.07, 6.45) is -1.62. The number of nitrogens with zero attached hydrogens (tertiary/aromatic N) is 4. The smallest absolute Gasteiger partial charge is 0.421 e. The number of halogens is 3. The molecular formula is C29H30F3N6O5P. The summed E-state index contributed by atoms with van der Waals surface area (Å²) >= 11 is 0. The summed E-state index contributed by atoms with van der Waals surface area (Å²) in [7, 11) is -1.38. The predicted molar refractivity (Wildman–Crippen MR) is 155 cm³/mol. The number of rotatable bonds is 8. The molecule has 1 aliphatic heterocycles. The predicted octanol–water partition coefficient (Wildman–Crippen LogP) is 6.05. The Kier molecular flexibility index (Phi) is 8.57. The molecule has 2 aromatic carbocycles. The molecule has 1 aliphatic carbocycles. The molecule has 2 heterocycles. The Morgan fingerprint density at radius 3 is 2.48 bits per heavy atom. The van der Waals surface area contributed by atoms with Crippen molar-refractivity contribution in [2.75, 3.05) is 24.8 Å². The highest BCUT2D eigenvalue weighted by atomic mass is 31.2. The number of aromatic nitrogens is 2. The van der Waals surface area contributed by atoms with Gasteiger partial charge in [0.15, 0.2) is 0 Å². The molecular weight excluding hydrogens is 600 g/mol. The molecule has 0 atom stereocenters. The lowest BCUT2D eigenvalue weighted by molar-refractivity contribution is -0.137. The highest BCUT2D eigenvalue weighted by molar-refractivity contribution is 7.50. The van der Waals surface area contributed by atoms with Crippen molar-refractivity contribution in [3.05, 3.63) is 64.3 Å². The Morgan fingerprint density at radius 2 is 1.84 bits per heavy atom. The largest absolute Gasteiger partial charge is 0.495 e. The summed E-state index contributed by atoms with van der Waals surface area (Å²) in [5.41, 5.74) is 1.59. The quantitative estimate of drug-likeness (QED) is 0.216. The fourth-order valence-electron chi connectivity index (χ4n) is 5.77. The summed E-state index contributed by atoms with van der Waals surface area (Å²) in [5.74, 6) is -0.795. The van der Waals surface area contributed by atoms with Crippen molar-refractivity contribution in [2.24, 2.45) is 5.92 Å². The molecule has 3 aromatic rings. The van der Waals surface area contributed by atoms with Crippen LogP contribution in [0.5, 0.6) is 5.75 Å². The Morgan fingerprint density at radius 1 is 1.14 bits per heavy atom. The fraction of sp³-hybridized carbons (Fsp3) is 0.379. The molecule has 44 heavy (non-hydrogen) atoms. The van der Waals surface area contributed by atoms with Crippen molar-refractivity contribution in [1.29, 1.82) is 5.26 Å². The third kappa shape index (κ3) is 6.65. The number of amides is 1. The van der Waals surface area contributed by atoms with Crippen LogP contribution < -0.4 is 15.4 Å². The van der Waals surface area contributed by atoms with Crippen LogP contribution in [0, 0.1) is 17.2 Å². The minimum Gasteiger partial charge on any atom is -0.495 e. The van der Waals surface area contributed by atoms with E-state index in [1.54, 1.807) is 13.1 Å². The Labute approximate surface area is 251 Å². The van der Waals surface area contributed by atoms with Gasteiger partial charge in [-0.05, 0) is 66.5 Å². The molecule has 0 unspecified atom stereocenters. The van der Waals surface area contributed by atoms with Gasteiger partial charge in [-0.2, -0.15) is 23.4 Å². The minimum absolute atomic E-state index is 0.00327. The van der Waals surface area contributed by atoms with Crippen LogP contribution in [0.1, 0.15) is 64.2 Å². The molecule has 0 radical (unpaired) electrons. The third-order valence-corrected chi connectivity index (χ3v) is 8.68. The van der Waals surface area contributed by atoms with Gasteiger partial charge in [-0.25, -0.2) is 4.98 Å². The Balaban J connectivity index is 1.49. The lowest BCUT2D eigenvalue weighted by atomic mass is 9.77. The maximum Gasteiger partial charge on any atom is 0.421 e. The standard InChI is InChI=1S/C29H30F3N6O5P/c1-38-14-20-19(18-6-3-16(12-33)4-7-18)8-10-23(25(20)27(38)39)35-26-21(29(30,31)32)13-34-28(37-26)36-22-9-5-17(11-24(22)43-2)15-44(40,41)42/h5,8-11,13,16,18H,3-4,6-7,14-15H2,1-2H3,(H2,40,41,42)(H2,34,35,36,37). The summed E-state index contributed by atoms with van der Waals surface area (Å²) in [5, 5.41) is 14.8. The normalized spacial score (nSPS) is 18.5. The highest BCUT2D eigenvalue weighted by Gasteiger charge is 2.37. The van der Waals surface area contributed by atoms with E-state index in [9.17, 15) is 37.6 Å². The van der Waals surface area contributed by atoms with E-state index in [1.807, 2.05) is 6.07 Å². The number of anilines is 4. The van der Waals surface area contributed by atoms with Gasteiger partial charge >= 0.3 is 13.8 Å². The van der Waals surface area contributed by atoms with Crippen LogP contribution in [0.2, 0.25) is 0 Å². The van der Waals surface area contributed by atoms with E-state index < -0.39 is 31.3 Å². The summed E-state index contributed by atoms with van der Waals surface area (Å²) in [6.45, 7) is 0.317. The number of carbonyl (C=O) groups is 1. The number of carbonyl (C=O) groups excluding carboxylic acids is 1. The van der Waals surface area contributed by atoms with Crippen LogP contribution in [-0.4, -0.2) is 44.7 Å². The first-order chi connectivity index (χ1) is 20.8. The molecule has 232 valence electrons. The molecule has 2 aliphatic rings. The zero-order valence-electron chi connectivity index (χ0n) is 23.9. The van der Waals surface area contributed by atoms with Crippen molar-refractivity contribution in [3.8, 4) is 11.8 Å². The molecule has 1 saturated carbocycles. The molecule has 1 aromatic heterocycles. The molecule has 0 spiro atoms. The zero-order chi connectivity index (χ0) is 31.8. The summed E-state index contributed by atoms with van der Waals surface area (Å²) < 4.78 is 58.9. The maximum atomic E-state index is 14.1. The van der Waals surface area contributed by atoms with Gasteiger partial charge in [0.25, 0.3) is 5.91 Å². The van der Waals surface area contributed by atoms with E-state index in [2.05, 4.69) is 26.7 Å². The van der Waals surface area contributed by atoms with Crippen molar-refractivity contribution < 1.29 is 37.1 Å². The van der Waals surface area contributed by atoms with E-state index in [0.717, 1.165) is 36.8 Å². The topological polar surface area (TPSA) is 161 Å². The first-order valence-corrected chi connectivity index (χ1v) is 15.6. The van der Waals surface area contributed by atoms with Crippen LogP contribution in [0.25, 0.3) is 0 Å². The SMILES string of the molecule is COc1cc(CP(=O)(O)O)ccc1Nc1ncc(C(F)(F)F)c(Nc2ccc(C3CCC(C#N)CC3)c3c2C(=O)N(C)C3)n1. The number of hydrogen-bond acceptors (Lipinski definition) is 8. The number of nitrogens with one attached hydrogen (secondary N) is 2. The minimum atomic E-state index is -4.81. The number of hydrogen-bond donors (Lipinski definition) is 4. The third-order valence-electron chi connectivity index (χ3n) is 7.90. The summed E-state index contributed by atoms with van der Waals surface area (Å²) in [6, 6.07) is 10.0. The van der Waals surface area contributed by atoms with Crippen LogP contribution in [-0.2, 0) is 23.4 Å². The van der Waals surface area contributed by atoms with Gasteiger partial charge in [0, 0.05) is 25.7 Å². The molecule has 15 heteroatoms. The van der Waals surface area contributed by atoms with E-state index in [1.165, 1.54) is 30.2 Å². The second-order valence-corrected chi connectivity index (χ2v) is 12.6. The van der Waals surface area contributed by atoms with Crippen LogP contribution in [0.4, 0.5) is 36.3 Å². The van der Waals surface area contributed by atoms with Gasteiger partial charge in [-0.1, -0.05) is 12.1 Å². The lowest BCUT2D eigenvalue weighted by Gasteiger charge is -2.27. The van der Waals surface area contributed by atoms with E-state index in [-0.39, 0.29) is 46.4 Å². The molecule has 4 N–H and O–H groups in total. The first kappa shape index (κ1) is 31.3. The van der Waals surface area contributed by atoms with E-state index >= 15 is 0 Å². The first-order valence-electron chi connectivity index (χ1n) is 13.8. The summed E-state index contributed by atoms with van der Waals surface area (Å²) in [4.78, 5) is 41.2. The van der Waals surface area contributed by atoms with Gasteiger partial charge < -0.3 is 30.1 Å². The van der Waals surface area contributed by atoms with Crippen LogP contribution >= 0.6 is 7.60 Å². The van der Waals surface area contributed by atoms with Crippen molar-refractivity contribution >= 4 is 36.6 Å². The number of fused-ring (bicyclic) bond motifs is 1. The monoisotopic (exact) mass is 630 g/mol. The van der Waals surface area contributed by atoms with Crippen LogP contribution in [0.15, 0.2) is 36.5 Å². The van der Waals surface area contributed by atoms with Crippen molar-refractivity contribution in [1.82, 2.24) is 14.9 Å². The Hall–Kier alpha value is -4.18. The molecule has 1 amide bonds. The average Bonchev–Trinajstić information content (AvgIpc) is 3.27. The van der Waals surface area contributed by atoms with Gasteiger partial charge in [-0.3, -0.25) is 9.36 Å². The van der Waals surface area contributed by atoms with Gasteiger partial charge in [-0.15, -0.1) is 0 Å². The van der Waals surface area contributed by atoms with Gasteiger partial charge in [0.1, 0.15) is 17.1 Å². The highest BCUT2D eigenvalue weighted by Crippen LogP contribution is 2.44. The van der Waals surface area contributed by atoms with Gasteiger partial charge in [0.2, 0.25) is 5.95 Å². The molecule has 0 saturated heterocycles. The number of ether oxygens (including phenoxy) is 1. The lowest BCUT2D eigenvalue weighted by Crippen LogP contribution is -2.18. The van der Waals surface area contributed by atoms with Gasteiger partial charge in [0.05, 0.1) is 36.3 Å². The second kappa shape index (κ2) is 12.1. The van der Waals surface area contributed by atoms with Crippen LogP contribution in [0.3, 0.4) is 0 Å². The molecule has 0 bridgehead atoms. The average molecular weight is 631 g/mol. The Bertz CT molecular complexity index is 1680.